The van der Waals surface area contributed by atoms with E-state index in [0.29, 0.717) is 0 Å². The molecule has 3 rings (SSSR count). The van der Waals surface area contributed by atoms with E-state index in [-0.39, 0.29) is 5.91 Å². The van der Waals surface area contributed by atoms with E-state index in [4.69, 9.17) is 5.73 Å². The van der Waals surface area contributed by atoms with Crippen LogP contribution in [-0.2, 0) is 0 Å². The second kappa shape index (κ2) is 5.77. The number of carbonyl (C=O) groups is 1. The first-order valence-electron chi connectivity index (χ1n) is 7.08. The van der Waals surface area contributed by atoms with Gasteiger partial charge in [-0.3, -0.25) is 4.79 Å². The lowest BCUT2D eigenvalue weighted by atomic mass is 10.1. The SMILES string of the molecule is Cc1cscc1C(=O)N1CCN(c2ccccc2N)CC1. The van der Waals surface area contributed by atoms with E-state index in [0.717, 1.165) is 48.7 Å². The second-order valence-corrected chi connectivity index (χ2v) is 6.05. The summed E-state index contributed by atoms with van der Waals surface area (Å²) in [6.07, 6.45) is 0. The van der Waals surface area contributed by atoms with Crippen LogP contribution in [0.4, 0.5) is 11.4 Å². The molecule has 2 heterocycles. The quantitative estimate of drug-likeness (QED) is 0.868. The Bertz CT molecular complexity index is 644. The Kier molecular flexibility index (Phi) is 3.84. The fourth-order valence-electron chi connectivity index (χ4n) is 2.68. The van der Waals surface area contributed by atoms with Crippen molar-refractivity contribution >= 4 is 28.6 Å². The Morgan fingerprint density at radius 2 is 1.86 bits per heavy atom. The first kappa shape index (κ1) is 13.9. The Morgan fingerprint density at radius 3 is 2.48 bits per heavy atom. The van der Waals surface area contributed by atoms with Gasteiger partial charge in [0.15, 0.2) is 0 Å². The Hall–Kier alpha value is -2.01. The lowest BCUT2D eigenvalue weighted by molar-refractivity contribution is 0.0746. The number of aryl methyl sites for hydroxylation is 1. The number of piperazine rings is 1. The van der Waals surface area contributed by atoms with Gasteiger partial charge in [-0.05, 0) is 30.0 Å². The van der Waals surface area contributed by atoms with Crippen LogP contribution >= 0.6 is 11.3 Å². The molecule has 0 saturated carbocycles. The van der Waals surface area contributed by atoms with Gasteiger partial charge in [-0.15, -0.1) is 0 Å². The number of nitrogen functional groups attached to an aromatic ring is 1. The third kappa shape index (κ3) is 2.74. The van der Waals surface area contributed by atoms with Crippen LogP contribution in [-0.4, -0.2) is 37.0 Å². The summed E-state index contributed by atoms with van der Waals surface area (Å²) in [5, 5.41) is 3.97. The van der Waals surface area contributed by atoms with Crippen molar-refractivity contribution in [3.8, 4) is 0 Å². The first-order valence-corrected chi connectivity index (χ1v) is 8.02. The highest BCUT2D eigenvalue weighted by atomic mass is 32.1. The third-order valence-electron chi connectivity index (χ3n) is 3.93. The monoisotopic (exact) mass is 301 g/mol. The molecule has 4 nitrogen and oxygen atoms in total. The van der Waals surface area contributed by atoms with Crippen LogP contribution in [0.3, 0.4) is 0 Å². The zero-order valence-corrected chi connectivity index (χ0v) is 12.9. The van der Waals surface area contributed by atoms with E-state index in [2.05, 4.69) is 4.90 Å². The fraction of sp³-hybridized carbons (Fsp3) is 0.312. The van der Waals surface area contributed by atoms with Crippen molar-refractivity contribution in [3.05, 3.63) is 46.2 Å². The zero-order chi connectivity index (χ0) is 14.8. The molecule has 1 aromatic heterocycles. The average molecular weight is 301 g/mol. The molecule has 1 aromatic carbocycles. The number of anilines is 2. The van der Waals surface area contributed by atoms with Gasteiger partial charge in [0.2, 0.25) is 0 Å². The van der Waals surface area contributed by atoms with Crippen LogP contribution in [0.15, 0.2) is 35.0 Å². The maximum absolute atomic E-state index is 12.5. The predicted molar refractivity (Wildman–Crippen MR) is 88.0 cm³/mol. The number of thiophene rings is 1. The molecule has 2 N–H and O–H groups in total. The van der Waals surface area contributed by atoms with Crippen LogP contribution in [0, 0.1) is 6.92 Å². The average Bonchev–Trinajstić information content (AvgIpc) is 2.93. The molecule has 21 heavy (non-hydrogen) atoms. The highest BCUT2D eigenvalue weighted by Crippen LogP contribution is 2.24. The van der Waals surface area contributed by atoms with Gasteiger partial charge in [0.05, 0.1) is 16.9 Å². The lowest BCUT2D eigenvalue weighted by Gasteiger charge is -2.36. The zero-order valence-electron chi connectivity index (χ0n) is 12.1. The minimum Gasteiger partial charge on any atom is -0.397 e. The molecule has 0 unspecified atom stereocenters. The van der Waals surface area contributed by atoms with Crippen molar-refractivity contribution in [2.75, 3.05) is 36.8 Å². The Labute approximate surface area is 128 Å². The van der Waals surface area contributed by atoms with Crippen molar-refractivity contribution in [1.29, 1.82) is 0 Å². The summed E-state index contributed by atoms with van der Waals surface area (Å²) in [5.41, 5.74) is 9.79. The number of nitrogens with two attached hydrogens (primary N) is 1. The summed E-state index contributed by atoms with van der Waals surface area (Å²) < 4.78 is 0. The second-order valence-electron chi connectivity index (χ2n) is 5.31. The van der Waals surface area contributed by atoms with Crippen molar-refractivity contribution < 1.29 is 4.79 Å². The van der Waals surface area contributed by atoms with E-state index in [1.54, 1.807) is 11.3 Å². The Balaban J connectivity index is 1.67. The molecule has 110 valence electrons. The van der Waals surface area contributed by atoms with Crippen molar-refractivity contribution in [2.24, 2.45) is 0 Å². The number of nitrogens with zero attached hydrogens (tertiary/aromatic N) is 2. The Morgan fingerprint density at radius 1 is 1.14 bits per heavy atom. The molecule has 0 spiro atoms. The highest BCUT2D eigenvalue weighted by molar-refractivity contribution is 7.08. The van der Waals surface area contributed by atoms with Crippen molar-refractivity contribution in [1.82, 2.24) is 4.90 Å². The summed E-state index contributed by atoms with van der Waals surface area (Å²) in [4.78, 5) is 16.7. The summed E-state index contributed by atoms with van der Waals surface area (Å²) in [5.74, 6) is 0.148. The molecule has 1 aliphatic rings. The van der Waals surface area contributed by atoms with Gasteiger partial charge < -0.3 is 15.5 Å². The van der Waals surface area contributed by atoms with Gasteiger partial charge in [0.25, 0.3) is 5.91 Å². The molecule has 2 aromatic rings. The molecule has 1 amide bonds. The fourth-order valence-corrected chi connectivity index (χ4v) is 3.50. The molecule has 0 bridgehead atoms. The normalized spacial score (nSPS) is 15.3. The summed E-state index contributed by atoms with van der Waals surface area (Å²) in [6.45, 7) is 5.11. The maximum atomic E-state index is 12.5. The van der Waals surface area contributed by atoms with Gasteiger partial charge in [0, 0.05) is 31.6 Å². The van der Waals surface area contributed by atoms with Crippen LogP contribution in [0.2, 0.25) is 0 Å². The molecular weight excluding hydrogens is 282 g/mol. The maximum Gasteiger partial charge on any atom is 0.255 e. The van der Waals surface area contributed by atoms with Gasteiger partial charge in [0.1, 0.15) is 0 Å². The van der Waals surface area contributed by atoms with Crippen LogP contribution < -0.4 is 10.6 Å². The molecule has 0 radical (unpaired) electrons. The molecule has 1 fully saturated rings. The lowest BCUT2D eigenvalue weighted by Crippen LogP contribution is -2.49. The van der Waals surface area contributed by atoms with Gasteiger partial charge in [-0.1, -0.05) is 12.1 Å². The topological polar surface area (TPSA) is 49.6 Å². The standard InChI is InChI=1S/C16H19N3OS/c1-12-10-21-11-13(12)16(20)19-8-6-18(7-9-19)15-5-3-2-4-14(15)17/h2-5,10-11H,6-9,17H2,1H3. The molecule has 0 aliphatic carbocycles. The summed E-state index contributed by atoms with van der Waals surface area (Å²) in [7, 11) is 0. The smallest absolute Gasteiger partial charge is 0.255 e. The molecule has 0 atom stereocenters. The number of carbonyl (C=O) groups excluding carboxylic acids is 1. The predicted octanol–water partition coefficient (Wildman–Crippen LogP) is 2.60. The highest BCUT2D eigenvalue weighted by Gasteiger charge is 2.24. The largest absolute Gasteiger partial charge is 0.397 e. The van der Waals surface area contributed by atoms with E-state index in [1.807, 2.05) is 46.8 Å². The van der Waals surface area contributed by atoms with Crippen LogP contribution in [0.5, 0.6) is 0 Å². The number of hydrogen-bond acceptors (Lipinski definition) is 4. The molecule has 1 saturated heterocycles. The van der Waals surface area contributed by atoms with E-state index < -0.39 is 0 Å². The van der Waals surface area contributed by atoms with E-state index in [9.17, 15) is 4.79 Å². The van der Waals surface area contributed by atoms with Crippen molar-refractivity contribution in [3.63, 3.8) is 0 Å². The van der Waals surface area contributed by atoms with E-state index in [1.165, 1.54) is 0 Å². The first-order chi connectivity index (χ1) is 10.2. The number of para-hydroxylation sites is 2. The number of rotatable bonds is 2. The minimum atomic E-state index is 0.148. The number of benzene rings is 1. The third-order valence-corrected chi connectivity index (χ3v) is 4.79. The number of hydrogen-bond donors (Lipinski definition) is 1. The van der Waals surface area contributed by atoms with Crippen LogP contribution in [0.25, 0.3) is 0 Å². The minimum absolute atomic E-state index is 0.148. The van der Waals surface area contributed by atoms with Crippen molar-refractivity contribution in [2.45, 2.75) is 6.92 Å². The van der Waals surface area contributed by atoms with Gasteiger partial charge in [-0.25, -0.2) is 0 Å². The van der Waals surface area contributed by atoms with Gasteiger partial charge in [-0.2, -0.15) is 11.3 Å². The molecule has 5 heteroatoms. The number of amides is 1. The summed E-state index contributed by atoms with van der Waals surface area (Å²) in [6, 6.07) is 7.90. The van der Waals surface area contributed by atoms with E-state index >= 15 is 0 Å². The van der Waals surface area contributed by atoms with Crippen LogP contribution in [0.1, 0.15) is 15.9 Å². The molecular formula is C16H19N3OS. The van der Waals surface area contributed by atoms with Gasteiger partial charge >= 0.3 is 0 Å². The summed E-state index contributed by atoms with van der Waals surface area (Å²) >= 11 is 1.58. The molecule has 1 aliphatic heterocycles.